The Balaban J connectivity index is 1.56. The Morgan fingerprint density at radius 3 is 2.83 bits per heavy atom. The van der Waals surface area contributed by atoms with Crippen molar-refractivity contribution >= 4 is 5.91 Å². The summed E-state index contributed by atoms with van der Waals surface area (Å²) in [5.41, 5.74) is 1.29. The Hall–Kier alpha value is -1.59. The number of benzene rings is 1. The lowest BCUT2D eigenvalue weighted by molar-refractivity contribution is -0.921. The standard InChI is InChI=1S/C19H29N3O2/c1-20-9-11-22(12-10-20)19(23)17-6-4-8-21(15-17)14-16-5-3-7-18(13-16)24-2/h3,5,7,13,17H,4,6,8-12,14-15H2,1-2H3/p+1. The maximum Gasteiger partial charge on any atom is 0.231 e. The molecule has 2 unspecified atom stereocenters. The van der Waals surface area contributed by atoms with Gasteiger partial charge in [0.05, 0.1) is 26.1 Å². The molecule has 3 rings (SSSR count). The molecule has 2 saturated heterocycles. The summed E-state index contributed by atoms with van der Waals surface area (Å²) in [6.45, 7) is 6.86. The molecule has 1 aromatic rings. The zero-order chi connectivity index (χ0) is 16.9. The number of hydrogen-bond donors (Lipinski definition) is 1. The second kappa shape index (κ2) is 7.99. The van der Waals surface area contributed by atoms with Crippen molar-refractivity contribution in [3.05, 3.63) is 29.8 Å². The minimum atomic E-state index is 0.197. The molecule has 0 spiro atoms. The molecule has 1 N–H and O–H groups in total. The van der Waals surface area contributed by atoms with Gasteiger partial charge in [-0.05, 0) is 32.0 Å². The Morgan fingerprint density at radius 1 is 1.29 bits per heavy atom. The minimum absolute atomic E-state index is 0.197. The van der Waals surface area contributed by atoms with Gasteiger partial charge in [0.2, 0.25) is 5.91 Å². The SMILES string of the molecule is COc1cccc(C[NH+]2CCCC(C(=O)N3CCN(C)CC3)C2)c1. The number of likely N-dealkylation sites (N-methyl/N-ethyl adjacent to an activating group) is 1. The number of rotatable bonds is 4. The first-order valence-electron chi connectivity index (χ1n) is 9.09. The molecule has 2 aliphatic rings. The van der Waals surface area contributed by atoms with E-state index < -0.39 is 0 Å². The molecule has 2 atom stereocenters. The molecular weight excluding hydrogens is 302 g/mol. The minimum Gasteiger partial charge on any atom is -0.497 e. The monoisotopic (exact) mass is 332 g/mol. The van der Waals surface area contributed by atoms with E-state index in [1.165, 1.54) is 10.5 Å². The zero-order valence-corrected chi connectivity index (χ0v) is 15.0. The van der Waals surface area contributed by atoms with Crippen LogP contribution >= 0.6 is 0 Å². The topological polar surface area (TPSA) is 37.2 Å². The number of nitrogens with zero attached hydrogens (tertiary/aromatic N) is 2. The number of hydrogen-bond acceptors (Lipinski definition) is 3. The van der Waals surface area contributed by atoms with Crippen LogP contribution < -0.4 is 9.64 Å². The zero-order valence-electron chi connectivity index (χ0n) is 15.0. The van der Waals surface area contributed by atoms with Crippen LogP contribution in [0.1, 0.15) is 18.4 Å². The van der Waals surface area contributed by atoms with Crippen LogP contribution in [0.3, 0.4) is 0 Å². The van der Waals surface area contributed by atoms with Crippen molar-refractivity contribution < 1.29 is 14.4 Å². The second-order valence-electron chi connectivity index (χ2n) is 7.20. The molecule has 0 aliphatic carbocycles. The highest BCUT2D eigenvalue weighted by Crippen LogP contribution is 2.15. The predicted octanol–water partition coefficient (Wildman–Crippen LogP) is 0.264. The first kappa shape index (κ1) is 17.2. The summed E-state index contributed by atoms with van der Waals surface area (Å²) in [5, 5.41) is 0. The lowest BCUT2D eigenvalue weighted by Gasteiger charge is -2.36. The third-order valence-corrected chi connectivity index (χ3v) is 5.37. The highest BCUT2D eigenvalue weighted by molar-refractivity contribution is 5.79. The molecule has 1 aromatic carbocycles. The number of likely N-dealkylation sites (tertiary alicyclic amines) is 1. The lowest BCUT2D eigenvalue weighted by Crippen LogP contribution is -3.12. The van der Waals surface area contributed by atoms with Crippen LogP contribution in [0.25, 0.3) is 0 Å². The van der Waals surface area contributed by atoms with Crippen LogP contribution in [0.2, 0.25) is 0 Å². The molecule has 132 valence electrons. The number of methoxy groups -OCH3 is 1. The fourth-order valence-electron chi connectivity index (χ4n) is 3.88. The van der Waals surface area contributed by atoms with Crippen molar-refractivity contribution in [3.63, 3.8) is 0 Å². The van der Waals surface area contributed by atoms with E-state index in [1.54, 1.807) is 7.11 Å². The normalized spacial score (nSPS) is 25.5. The van der Waals surface area contributed by atoms with Gasteiger partial charge in [-0.15, -0.1) is 0 Å². The molecular formula is C19H30N3O2+. The van der Waals surface area contributed by atoms with Crippen molar-refractivity contribution in [1.29, 1.82) is 0 Å². The highest BCUT2D eigenvalue weighted by atomic mass is 16.5. The third kappa shape index (κ3) is 4.28. The number of carbonyl (C=O) groups is 1. The maximum absolute atomic E-state index is 12.8. The van der Waals surface area contributed by atoms with Crippen LogP contribution in [0, 0.1) is 5.92 Å². The average molecular weight is 332 g/mol. The van der Waals surface area contributed by atoms with E-state index in [1.807, 2.05) is 12.1 Å². The third-order valence-electron chi connectivity index (χ3n) is 5.37. The van der Waals surface area contributed by atoms with Gasteiger partial charge in [0.1, 0.15) is 12.3 Å². The van der Waals surface area contributed by atoms with E-state index in [-0.39, 0.29) is 5.92 Å². The molecule has 2 fully saturated rings. The van der Waals surface area contributed by atoms with Gasteiger partial charge in [0.15, 0.2) is 0 Å². The van der Waals surface area contributed by atoms with Crippen molar-refractivity contribution in [3.8, 4) is 5.75 Å². The van der Waals surface area contributed by atoms with E-state index in [0.29, 0.717) is 5.91 Å². The molecule has 5 nitrogen and oxygen atoms in total. The van der Waals surface area contributed by atoms with E-state index in [0.717, 1.165) is 64.4 Å². The van der Waals surface area contributed by atoms with E-state index in [2.05, 4.69) is 29.0 Å². The summed E-state index contributed by atoms with van der Waals surface area (Å²) in [5.74, 6) is 1.49. The van der Waals surface area contributed by atoms with Gasteiger partial charge in [-0.2, -0.15) is 0 Å². The van der Waals surface area contributed by atoms with Crippen molar-refractivity contribution in [2.45, 2.75) is 19.4 Å². The fourth-order valence-corrected chi connectivity index (χ4v) is 3.88. The van der Waals surface area contributed by atoms with E-state index in [4.69, 9.17) is 4.74 Å². The average Bonchev–Trinajstić information content (AvgIpc) is 2.62. The number of quaternary nitrogens is 1. The predicted molar refractivity (Wildman–Crippen MR) is 94.2 cm³/mol. The summed E-state index contributed by atoms with van der Waals surface area (Å²) >= 11 is 0. The van der Waals surface area contributed by atoms with E-state index in [9.17, 15) is 4.79 Å². The second-order valence-corrected chi connectivity index (χ2v) is 7.20. The number of nitrogens with one attached hydrogen (secondary N) is 1. The van der Waals surface area contributed by atoms with Gasteiger partial charge >= 0.3 is 0 Å². The summed E-state index contributed by atoms with van der Waals surface area (Å²) < 4.78 is 5.32. The quantitative estimate of drug-likeness (QED) is 0.860. The van der Waals surface area contributed by atoms with E-state index >= 15 is 0 Å². The van der Waals surface area contributed by atoms with Crippen molar-refractivity contribution in [2.24, 2.45) is 5.92 Å². The van der Waals surface area contributed by atoms with Crippen molar-refractivity contribution in [2.75, 3.05) is 53.4 Å². The van der Waals surface area contributed by atoms with Crippen LogP contribution in [0.15, 0.2) is 24.3 Å². The molecule has 0 radical (unpaired) electrons. The number of piperidine rings is 1. The molecule has 5 heteroatoms. The summed E-state index contributed by atoms with van der Waals surface area (Å²) in [6, 6.07) is 8.29. The molecule has 2 aliphatic heterocycles. The fraction of sp³-hybridized carbons (Fsp3) is 0.632. The molecule has 0 aromatic heterocycles. The Bertz CT molecular complexity index is 555. The van der Waals surface area contributed by atoms with Crippen LogP contribution in [-0.4, -0.2) is 69.1 Å². The first-order chi connectivity index (χ1) is 11.7. The largest absolute Gasteiger partial charge is 0.497 e. The Kier molecular flexibility index (Phi) is 5.74. The lowest BCUT2D eigenvalue weighted by atomic mass is 9.95. The van der Waals surface area contributed by atoms with Gasteiger partial charge in [0, 0.05) is 31.7 Å². The van der Waals surface area contributed by atoms with Crippen LogP contribution in [0.5, 0.6) is 5.75 Å². The van der Waals surface area contributed by atoms with Gasteiger partial charge in [0.25, 0.3) is 0 Å². The number of piperazine rings is 1. The Labute approximate surface area is 145 Å². The molecule has 0 bridgehead atoms. The number of amides is 1. The number of carbonyl (C=O) groups excluding carboxylic acids is 1. The summed E-state index contributed by atoms with van der Waals surface area (Å²) in [4.78, 5) is 18.7. The van der Waals surface area contributed by atoms with Gasteiger partial charge in [-0.3, -0.25) is 4.79 Å². The van der Waals surface area contributed by atoms with Gasteiger partial charge in [-0.25, -0.2) is 0 Å². The highest BCUT2D eigenvalue weighted by Gasteiger charge is 2.32. The van der Waals surface area contributed by atoms with Gasteiger partial charge < -0.3 is 19.4 Å². The van der Waals surface area contributed by atoms with Crippen LogP contribution in [0.4, 0.5) is 0 Å². The van der Waals surface area contributed by atoms with Crippen molar-refractivity contribution in [1.82, 2.24) is 9.80 Å². The van der Waals surface area contributed by atoms with Gasteiger partial charge in [-0.1, -0.05) is 12.1 Å². The maximum atomic E-state index is 12.8. The van der Waals surface area contributed by atoms with Crippen LogP contribution in [-0.2, 0) is 11.3 Å². The first-order valence-corrected chi connectivity index (χ1v) is 9.09. The summed E-state index contributed by atoms with van der Waals surface area (Å²) in [7, 11) is 3.83. The number of ether oxygens (including phenoxy) is 1. The molecule has 24 heavy (non-hydrogen) atoms. The Morgan fingerprint density at radius 2 is 2.08 bits per heavy atom. The molecule has 0 saturated carbocycles. The smallest absolute Gasteiger partial charge is 0.231 e. The molecule has 1 amide bonds. The summed E-state index contributed by atoms with van der Waals surface area (Å²) in [6.07, 6.45) is 2.19. The molecule has 2 heterocycles.